The van der Waals surface area contributed by atoms with Crippen molar-refractivity contribution in [2.45, 2.75) is 32.1 Å². The predicted molar refractivity (Wildman–Crippen MR) is 259 cm³/mol. The fourth-order valence-corrected chi connectivity index (χ4v) is 8.49. The Morgan fingerprint density at radius 3 is 1.55 bits per heavy atom. The lowest BCUT2D eigenvalue weighted by Crippen LogP contribution is -2.36. The summed E-state index contributed by atoms with van der Waals surface area (Å²) in [6, 6.07) is 25.3. The number of nitrogens with one attached hydrogen (secondary N) is 2. The molecule has 6 aromatic rings. The van der Waals surface area contributed by atoms with Crippen molar-refractivity contribution in [2.24, 2.45) is 0 Å². The van der Waals surface area contributed by atoms with Crippen LogP contribution in [0.25, 0.3) is 22.5 Å². The van der Waals surface area contributed by atoms with Crippen molar-refractivity contribution < 1.29 is 9.47 Å². The van der Waals surface area contributed by atoms with Gasteiger partial charge in [-0.2, -0.15) is 0 Å². The smallest absolute Gasteiger partial charge is 0.174 e. The summed E-state index contributed by atoms with van der Waals surface area (Å²) in [5, 5.41) is 6.72. The van der Waals surface area contributed by atoms with Gasteiger partial charge < -0.3 is 29.9 Å². The summed E-state index contributed by atoms with van der Waals surface area (Å²) in [6.45, 7) is 18.7. The lowest BCUT2D eigenvalue weighted by Gasteiger charge is -2.29. The van der Waals surface area contributed by atoms with Crippen LogP contribution >= 0.6 is 0 Å². The van der Waals surface area contributed by atoms with Gasteiger partial charge in [0.25, 0.3) is 0 Å². The molecule has 4 aliphatic rings. The molecule has 6 heterocycles. The van der Waals surface area contributed by atoms with Crippen LogP contribution in [0.2, 0.25) is 0 Å². The molecule has 12 heteroatoms. The molecule has 0 saturated carbocycles. The number of nitrogens with zero attached hydrogens (tertiary/aromatic N) is 8. The summed E-state index contributed by atoms with van der Waals surface area (Å²) >= 11 is 0. The summed E-state index contributed by atoms with van der Waals surface area (Å²) in [4.78, 5) is 32.4. The number of fused-ring (bicyclic) bond motifs is 2. The lowest BCUT2D eigenvalue weighted by atomic mass is 10.0. The van der Waals surface area contributed by atoms with E-state index in [0.29, 0.717) is 17.6 Å². The summed E-state index contributed by atoms with van der Waals surface area (Å²) in [6.07, 6.45) is 18.5. The number of morpholine rings is 2. The molecule has 1 atom stereocenters. The molecule has 0 unspecified atom stereocenters. The van der Waals surface area contributed by atoms with Crippen molar-refractivity contribution in [3.8, 4) is 0 Å². The molecule has 2 N–H and O–H groups in total. The second-order valence-corrected chi connectivity index (χ2v) is 16.6. The Labute approximate surface area is 381 Å². The Balaban J connectivity index is 0.000000164. The molecular formula is C53H56N10O2. The van der Waals surface area contributed by atoms with Crippen LogP contribution in [0.1, 0.15) is 69.3 Å². The minimum Gasteiger partial charge on any atom is -0.382 e. The van der Waals surface area contributed by atoms with Crippen molar-refractivity contribution in [1.82, 2.24) is 40.5 Å². The molecule has 12 nitrogen and oxygen atoms in total. The maximum absolute atomic E-state index is 5.49. The zero-order chi connectivity index (χ0) is 44.4. The first kappa shape index (κ1) is 43.2. The summed E-state index contributed by atoms with van der Waals surface area (Å²) in [7, 11) is 0. The Morgan fingerprint density at radius 2 is 1.06 bits per heavy atom. The van der Waals surface area contributed by atoms with E-state index in [1.54, 1.807) is 0 Å². The van der Waals surface area contributed by atoms with Crippen LogP contribution in [-0.4, -0.2) is 95.6 Å². The molecular weight excluding hydrogens is 809 g/mol. The quantitative estimate of drug-likeness (QED) is 0.112. The Hall–Kier alpha value is -7.02. The lowest BCUT2D eigenvalue weighted by molar-refractivity contribution is 0.122. The largest absolute Gasteiger partial charge is 0.382 e. The van der Waals surface area contributed by atoms with E-state index in [2.05, 4.69) is 133 Å². The monoisotopic (exact) mass is 864 g/mol. The van der Waals surface area contributed by atoms with Gasteiger partial charge in [0, 0.05) is 99.2 Å². The average molecular weight is 865 g/mol. The molecule has 0 bridgehead atoms. The molecule has 2 aliphatic heterocycles. The highest BCUT2D eigenvalue weighted by Gasteiger charge is 2.23. The van der Waals surface area contributed by atoms with Crippen LogP contribution < -0.4 is 20.4 Å². The minimum absolute atomic E-state index is 0.371. The molecule has 330 valence electrons. The van der Waals surface area contributed by atoms with Gasteiger partial charge in [-0.05, 0) is 46.7 Å². The number of pyridine rings is 2. The van der Waals surface area contributed by atoms with E-state index < -0.39 is 0 Å². The van der Waals surface area contributed by atoms with Gasteiger partial charge in [-0.15, -0.1) is 0 Å². The normalized spacial score (nSPS) is 15.7. The third kappa shape index (κ3) is 10.5. The molecule has 0 spiro atoms. The first-order valence-corrected chi connectivity index (χ1v) is 22.6. The predicted octanol–water partition coefficient (Wildman–Crippen LogP) is 7.56. The van der Waals surface area contributed by atoms with Gasteiger partial charge >= 0.3 is 0 Å². The second kappa shape index (κ2) is 20.7. The molecule has 0 amide bonds. The van der Waals surface area contributed by atoms with E-state index in [-0.39, 0.29) is 0 Å². The highest BCUT2D eigenvalue weighted by molar-refractivity contribution is 5.86. The zero-order valence-electron chi connectivity index (χ0n) is 37.1. The number of rotatable bonds is 14. The highest BCUT2D eigenvalue weighted by atomic mass is 16.5. The summed E-state index contributed by atoms with van der Waals surface area (Å²) in [5.74, 6) is 1.62. The fourth-order valence-electron chi connectivity index (χ4n) is 8.49. The molecule has 4 aromatic heterocycles. The van der Waals surface area contributed by atoms with Gasteiger partial charge in [0.1, 0.15) is 0 Å². The number of ether oxygens (including phenoxy) is 2. The van der Waals surface area contributed by atoms with Crippen molar-refractivity contribution in [2.75, 3.05) is 75.5 Å². The van der Waals surface area contributed by atoms with E-state index in [0.717, 1.165) is 141 Å². The Morgan fingerprint density at radius 1 is 0.600 bits per heavy atom. The number of aromatic nitrogens is 6. The number of hydrogen-bond donors (Lipinski definition) is 2. The molecule has 10 rings (SSSR count). The van der Waals surface area contributed by atoms with Crippen LogP contribution in [-0.2, 0) is 28.7 Å². The van der Waals surface area contributed by atoms with Crippen molar-refractivity contribution in [3.63, 3.8) is 0 Å². The van der Waals surface area contributed by atoms with Gasteiger partial charge in [-0.25, -0.2) is 19.9 Å². The van der Waals surface area contributed by atoms with Gasteiger partial charge in [0.2, 0.25) is 0 Å². The summed E-state index contributed by atoms with van der Waals surface area (Å²) in [5.41, 5.74) is 15.2. The maximum Gasteiger partial charge on any atom is 0.174 e. The second-order valence-electron chi connectivity index (χ2n) is 16.6. The first-order valence-electron chi connectivity index (χ1n) is 22.6. The van der Waals surface area contributed by atoms with Crippen molar-refractivity contribution in [3.05, 3.63) is 192 Å². The van der Waals surface area contributed by atoms with Crippen molar-refractivity contribution in [1.29, 1.82) is 0 Å². The van der Waals surface area contributed by atoms with E-state index in [1.807, 2.05) is 49.3 Å². The molecule has 2 aliphatic carbocycles. The average Bonchev–Trinajstić information content (AvgIpc) is 4.01. The molecule has 0 radical (unpaired) electrons. The third-order valence-electron chi connectivity index (χ3n) is 12.3. The standard InChI is InChI=1S/C27H29N5O.C26H27N5O/c1-19(21-6-4-3-5-7-21)15-28-20(2)27-30-16-22(17-31-27)24-8-9-26-25(24)14-23(18-29-26)32-10-12-33-13-11-32;1-19(27-10-9-20-5-3-2-4-6-20)26-29-16-21(17-30-26)23-7-8-25-24(23)15-22(18-28-25)31-11-13-32-14-12-31/h3-8,14,16-19,28H,2,9-13,15H2,1H3;2-7,15-18,27H,1,8-14H2/t19-;/m1./s1. The van der Waals surface area contributed by atoms with E-state index >= 15 is 0 Å². The summed E-state index contributed by atoms with van der Waals surface area (Å²) < 4.78 is 11.0. The number of hydrogen-bond acceptors (Lipinski definition) is 12. The molecule has 2 saturated heterocycles. The number of benzene rings is 2. The number of allylic oxidation sites excluding steroid dienone is 2. The topological polar surface area (TPSA) is 126 Å². The van der Waals surface area contributed by atoms with Gasteiger partial charge in [-0.1, -0.05) is 92.9 Å². The van der Waals surface area contributed by atoms with Crippen LogP contribution in [0.4, 0.5) is 11.4 Å². The fraction of sp³-hybridized carbons (Fsp3) is 0.283. The molecule has 2 fully saturated rings. The van der Waals surface area contributed by atoms with Crippen LogP contribution in [0.3, 0.4) is 0 Å². The maximum atomic E-state index is 5.49. The Bertz CT molecular complexity index is 2640. The van der Waals surface area contributed by atoms with Crippen molar-refractivity contribution >= 4 is 33.9 Å². The van der Waals surface area contributed by atoms with E-state index in [4.69, 9.17) is 19.4 Å². The third-order valence-corrected chi connectivity index (χ3v) is 12.3. The van der Waals surface area contributed by atoms with Crippen LogP contribution in [0.15, 0.2) is 135 Å². The van der Waals surface area contributed by atoms with Gasteiger partial charge in [0.05, 0.1) is 73.0 Å². The van der Waals surface area contributed by atoms with Crippen LogP contribution in [0, 0.1) is 0 Å². The SMILES string of the molecule is C=C(NCCc1ccccc1)c1ncc(C2=CCc3ncc(N4CCOCC4)cc32)cn1.C=C(NC[C@@H](C)c1ccccc1)c1ncc(C2=CCc3ncc(N4CCOCC4)cc32)cn1. The minimum atomic E-state index is 0.371. The van der Waals surface area contributed by atoms with Gasteiger partial charge in [0.15, 0.2) is 11.6 Å². The number of anilines is 2. The first-order chi connectivity index (χ1) is 32.0. The zero-order valence-corrected chi connectivity index (χ0v) is 37.1. The van der Waals surface area contributed by atoms with E-state index in [9.17, 15) is 0 Å². The van der Waals surface area contributed by atoms with E-state index in [1.165, 1.54) is 22.3 Å². The highest BCUT2D eigenvalue weighted by Crippen LogP contribution is 2.35. The molecule has 2 aromatic carbocycles. The molecule has 65 heavy (non-hydrogen) atoms. The Kier molecular flexibility index (Phi) is 13.7. The van der Waals surface area contributed by atoms with Gasteiger partial charge in [-0.3, -0.25) is 9.97 Å². The van der Waals surface area contributed by atoms with Crippen LogP contribution in [0.5, 0.6) is 0 Å².